The molecule has 0 heterocycles. The Kier molecular flexibility index (Phi) is 61.7. The van der Waals surface area contributed by atoms with Crippen molar-refractivity contribution in [2.24, 2.45) is 130 Å². The van der Waals surface area contributed by atoms with Crippen LogP contribution in [0.5, 0.6) is 34.5 Å². The summed E-state index contributed by atoms with van der Waals surface area (Å²) in [7, 11) is 0. The van der Waals surface area contributed by atoms with Gasteiger partial charge in [-0.25, -0.2) is 0 Å². The summed E-state index contributed by atoms with van der Waals surface area (Å²) in [6.07, 6.45) is 49.4. The monoisotopic (exact) mass is 1760 g/mol. The van der Waals surface area contributed by atoms with E-state index in [0.29, 0.717) is 13.2 Å². The van der Waals surface area contributed by atoms with Gasteiger partial charge in [0, 0.05) is 5.41 Å². The molecule has 716 valence electrons. The Bertz CT molecular complexity index is 3800. The molecule has 7 aromatic carbocycles. The molecule has 0 amide bonds. The first-order valence-electron chi connectivity index (χ1n) is 52.3. The van der Waals surface area contributed by atoms with Crippen LogP contribution in [-0.2, 0) is 18.6 Å². The van der Waals surface area contributed by atoms with Gasteiger partial charge in [-0.1, -0.05) is 414 Å². The van der Waals surface area contributed by atoms with Gasteiger partial charge < -0.3 is 18.9 Å². The van der Waals surface area contributed by atoms with Crippen molar-refractivity contribution in [3.63, 3.8) is 0 Å². The van der Waals surface area contributed by atoms with E-state index in [2.05, 4.69) is 218 Å². The van der Waals surface area contributed by atoms with E-state index in [9.17, 15) is 0 Å². The number of benzene rings is 7. The van der Waals surface area contributed by atoms with Gasteiger partial charge in [0.1, 0.15) is 47.7 Å². The number of para-hydroxylation sites is 2. The smallest absolute Gasteiger partial charge is 0.127 e. The maximum absolute atomic E-state index is 5.91. The fourth-order valence-corrected chi connectivity index (χ4v) is 19.4. The highest BCUT2D eigenvalue weighted by molar-refractivity contribution is 5.44. The minimum Gasteiger partial charge on any atom is -0.489 e. The van der Waals surface area contributed by atoms with Crippen molar-refractivity contribution in [1.29, 1.82) is 0 Å². The average Bonchev–Trinajstić information content (AvgIpc) is 1.05. The quantitative estimate of drug-likeness (QED) is 0.114. The minimum absolute atomic E-state index is 0.128. The Balaban J connectivity index is 0.000000503. The third-order valence-electron chi connectivity index (χ3n) is 28.7. The number of fused-ring (bicyclic) bond motifs is 7. The lowest BCUT2D eigenvalue weighted by Gasteiger charge is -2.50. The van der Waals surface area contributed by atoms with Gasteiger partial charge in [0.2, 0.25) is 0 Å². The molecule has 0 aromatic heterocycles. The zero-order chi connectivity index (χ0) is 96.2. The highest BCUT2D eigenvalue weighted by Crippen LogP contribution is 2.52. The first-order chi connectivity index (χ1) is 62.7. The number of hydrogen-bond donors (Lipinski definition) is 0. The molecule has 7 aromatic rings. The van der Waals surface area contributed by atoms with Crippen LogP contribution in [0.25, 0.3) is 0 Å². The van der Waals surface area contributed by atoms with Crippen LogP contribution in [0.15, 0.2) is 279 Å². The Hall–Kier alpha value is -8.08. The Labute approximate surface area is 797 Å². The van der Waals surface area contributed by atoms with Gasteiger partial charge in [0.25, 0.3) is 0 Å². The third-order valence-corrected chi connectivity index (χ3v) is 28.7. The van der Waals surface area contributed by atoms with Gasteiger partial charge in [0.05, 0.1) is 0 Å². The summed E-state index contributed by atoms with van der Waals surface area (Å²) in [5, 5.41) is 0. The van der Waals surface area contributed by atoms with Gasteiger partial charge in [-0.05, 0) is 316 Å². The average molecular weight is 1760 g/mol. The third kappa shape index (κ3) is 39.3. The molecule has 16 unspecified atom stereocenters. The van der Waals surface area contributed by atoms with Gasteiger partial charge in [-0.15, -0.1) is 0 Å². The van der Waals surface area contributed by atoms with Crippen molar-refractivity contribution in [3.8, 4) is 34.5 Å². The van der Waals surface area contributed by atoms with Gasteiger partial charge in [0.15, 0.2) is 0 Å². The lowest BCUT2D eigenvalue weighted by molar-refractivity contribution is 0.00126. The molecule has 19 rings (SSSR count). The fraction of sp³-hybridized carbons (Fsp3) is 0.552. The molecule has 22 atom stereocenters. The van der Waals surface area contributed by atoms with Crippen LogP contribution in [0.3, 0.4) is 0 Å². The standard InChI is InChI=1S/C27H24O2.C20H18O2.C12H20.2C10H16.2C9H14.C8H14.C4H8.8C2H6/c1-27(2,21-13-17-25(18-14-21)28-23-9-5-3-6-10-23)22-15-19-26(20-16-22)29-24-11-7-4-8-12-24;1-3-7-17(8-4-1)15-21-19-11-13-20(14-12-19)22-16-18-9-5-2-6-10-18;1-9-7-11-5-3-4-6-12(11)8-10(9)2;1-7-8(2)10-5-3-9(7)4-6-10;1-7-8(2)10-6-4-3-5-9(7)10;1-6-7(2)9-4-3-8(6)5-9;1-6-5-7(2)9-4-3-8(6)9;1-7-5-3-4-6-8(7)2;1-3-4-2;8*1-2/h3-20H,1-2H3;1-14H,15-16H2;3-4,9-12H,5-8H2,1-2H3;3,5,7-10H,4,6H2,1-2H3;3-4,7-10H,5-6H2,1-2H3;2*3-4,6-9H,5H2,1-2H3;3-4,7-8H,5-6H2,1-2H3;3-4H,1-2H3;8*1-2H3/b;;;;;;;;4-3-;;;;;;;;/t;;9?,10?,11-,12+;;7?,8?,9-,10+;;6?,7?,8-,9+;;;;;;;;;;. The van der Waals surface area contributed by atoms with Crippen LogP contribution >= 0.6 is 0 Å². The second-order valence-corrected chi connectivity index (χ2v) is 36.4. The SMILES string of the molecule is C/C=C\C.CC.CC.CC.CC.CC.CC.CC.CC.CC(C)(c1ccc(Oc2ccccc2)cc1)c1ccc(Oc2ccccc2)cc1.CC1C(C)[C@@H]2CC=CC[C@H]12.CC1C2C=CC(C2)C1C.CC1C2C=CC(CC2)C1C.CC1CC(C)[C@@H]2C=C[C@H]12.CC1CC=CCC1C.CC1C[C@H]2CC=CC[C@H]2CC1C.c1ccc(COc2ccc(OCc3ccccc3)cc2)cc1. The molecule has 129 heavy (non-hydrogen) atoms. The molecule has 5 saturated carbocycles. The summed E-state index contributed by atoms with van der Waals surface area (Å²) >= 11 is 0. The molecule has 0 N–H and O–H groups in total. The molecular formula is C125H192O4. The largest absolute Gasteiger partial charge is 0.489 e. The molecule has 4 nitrogen and oxygen atoms in total. The van der Waals surface area contributed by atoms with Crippen LogP contribution < -0.4 is 18.9 Å². The fourth-order valence-electron chi connectivity index (χ4n) is 19.4. The topological polar surface area (TPSA) is 36.9 Å². The normalized spacial score (nSPS) is 27.3. The lowest BCUT2D eigenvalue weighted by atomic mass is 9.54. The van der Waals surface area contributed by atoms with Gasteiger partial charge in [-0.3, -0.25) is 0 Å². The molecule has 0 spiro atoms. The van der Waals surface area contributed by atoms with Crippen molar-refractivity contribution >= 4 is 0 Å². The van der Waals surface area contributed by atoms with Crippen molar-refractivity contribution in [3.05, 3.63) is 301 Å². The van der Waals surface area contributed by atoms with E-state index >= 15 is 0 Å². The van der Waals surface area contributed by atoms with Crippen LogP contribution in [-0.4, -0.2) is 0 Å². The lowest BCUT2D eigenvalue weighted by Crippen LogP contribution is -2.44. The predicted molar refractivity (Wildman–Crippen MR) is 572 cm³/mol. The van der Waals surface area contributed by atoms with Gasteiger partial charge >= 0.3 is 0 Å². The highest BCUT2D eigenvalue weighted by atomic mass is 16.5. The summed E-state index contributed by atoms with van der Waals surface area (Å²) in [6, 6.07) is 64.3. The highest BCUT2D eigenvalue weighted by Gasteiger charge is 2.45. The summed E-state index contributed by atoms with van der Waals surface area (Å²) in [5.74, 6) is 26.3. The van der Waals surface area contributed by atoms with Crippen LogP contribution in [0.2, 0.25) is 0 Å². The summed E-state index contributed by atoms with van der Waals surface area (Å²) in [5.41, 5.74) is 4.65. The molecular weight excluding hydrogens is 1570 g/mol. The second kappa shape index (κ2) is 68.0. The number of ether oxygens (including phenoxy) is 4. The first kappa shape index (κ1) is 117. The zero-order valence-corrected chi connectivity index (χ0v) is 88.3. The molecule has 0 radical (unpaired) electrons. The summed E-state index contributed by atoms with van der Waals surface area (Å²) < 4.78 is 23.3. The first-order valence-corrected chi connectivity index (χ1v) is 52.3. The van der Waals surface area contributed by atoms with Crippen molar-refractivity contribution in [2.75, 3.05) is 0 Å². The van der Waals surface area contributed by atoms with E-state index in [-0.39, 0.29) is 5.41 Å². The summed E-state index contributed by atoms with van der Waals surface area (Å²) in [4.78, 5) is 0. The van der Waals surface area contributed by atoms with Crippen LogP contribution in [0.4, 0.5) is 0 Å². The molecule has 12 aliphatic rings. The van der Waals surface area contributed by atoms with Crippen LogP contribution in [0.1, 0.15) is 321 Å². The van der Waals surface area contributed by atoms with E-state index in [1.807, 2.05) is 282 Å². The molecule has 4 heteroatoms. The summed E-state index contributed by atoms with van der Waals surface area (Å²) in [6.45, 7) is 70.3. The minimum atomic E-state index is -0.128. The van der Waals surface area contributed by atoms with E-state index in [4.69, 9.17) is 18.9 Å². The Morgan fingerprint density at radius 2 is 0.535 bits per heavy atom. The maximum atomic E-state index is 5.91. The number of hydrogen-bond acceptors (Lipinski definition) is 4. The van der Waals surface area contributed by atoms with E-state index in [1.54, 1.807) is 0 Å². The maximum Gasteiger partial charge on any atom is 0.127 e. The Morgan fingerprint density at radius 3 is 0.798 bits per heavy atom. The molecule has 0 aliphatic heterocycles. The van der Waals surface area contributed by atoms with Gasteiger partial charge in [-0.2, -0.15) is 0 Å². The van der Waals surface area contributed by atoms with Crippen molar-refractivity contribution < 1.29 is 18.9 Å². The molecule has 0 saturated heterocycles. The second-order valence-electron chi connectivity index (χ2n) is 36.4. The molecule has 4 bridgehead atoms. The van der Waals surface area contributed by atoms with E-state index < -0.39 is 0 Å². The number of rotatable bonds is 12. The van der Waals surface area contributed by atoms with E-state index in [0.717, 1.165) is 176 Å². The van der Waals surface area contributed by atoms with Crippen LogP contribution in [0, 0.1) is 130 Å². The zero-order valence-electron chi connectivity index (χ0n) is 88.3. The number of allylic oxidation sites excluding steroid dienone is 14. The predicted octanol–water partition coefficient (Wildman–Crippen LogP) is 39.1. The molecule has 12 aliphatic carbocycles. The van der Waals surface area contributed by atoms with Crippen molar-refractivity contribution in [2.45, 2.75) is 317 Å². The van der Waals surface area contributed by atoms with E-state index in [1.165, 1.54) is 88.2 Å². The Morgan fingerprint density at radius 1 is 0.264 bits per heavy atom. The van der Waals surface area contributed by atoms with Crippen molar-refractivity contribution in [1.82, 2.24) is 0 Å². The molecule has 5 fully saturated rings.